The molecule has 0 saturated heterocycles. The molecule has 7 nitrogen and oxygen atoms in total. The Bertz CT molecular complexity index is 531. The van der Waals surface area contributed by atoms with Crippen molar-refractivity contribution in [3.8, 4) is 0 Å². The van der Waals surface area contributed by atoms with E-state index in [4.69, 9.17) is 10.8 Å². The molecule has 2 bridgehead atoms. The molecule has 2 saturated carbocycles. The summed E-state index contributed by atoms with van der Waals surface area (Å²) < 4.78 is 22.3. The first-order valence-electron chi connectivity index (χ1n) is 7.15. The third kappa shape index (κ3) is 3.74. The lowest BCUT2D eigenvalue weighted by Gasteiger charge is -2.28. The van der Waals surface area contributed by atoms with E-state index in [0.717, 1.165) is 25.5 Å². The molecular weight excluding hydrogens is 296 g/mol. The summed E-state index contributed by atoms with van der Waals surface area (Å²) in [5.41, 5.74) is 6.06. The Hall–Kier alpha value is -1.15. The summed E-state index contributed by atoms with van der Waals surface area (Å²) in [5, 5.41) is 11.6. The summed E-state index contributed by atoms with van der Waals surface area (Å²) in [7, 11) is -3.27. The van der Waals surface area contributed by atoms with Crippen LogP contribution in [0.2, 0.25) is 0 Å². The lowest BCUT2D eigenvalue weighted by molar-refractivity contribution is -0.143. The van der Waals surface area contributed by atoms with E-state index in [1.54, 1.807) is 0 Å². The van der Waals surface area contributed by atoms with Crippen molar-refractivity contribution in [1.29, 1.82) is 0 Å². The van der Waals surface area contributed by atoms with E-state index in [2.05, 4.69) is 5.32 Å². The van der Waals surface area contributed by atoms with Crippen molar-refractivity contribution in [2.24, 2.45) is 23.5 Å². The van der Waals surface area contributed by atoms with Gasteiger partial charge in [0.15, 0.2) is 0 Å². The number of carbonyl (C=O) groups excluding carboxylic acids is 1. The normalized spacial score (nSPS) is 32.9. The molecular formula is C13H22N2O5S. The van der Waals surface area contributed by atoms with Gasteiger partial charge in [-0.1, -0.05) is 0 Å². The van der Waals surface area contributed by atoms with E-state index in [1.807, 2.05) is 0 Å². The minimum absolute atomic E-state index is 0.129. The monoisotopic (exact) mass is 318 g/mol. The number of fused-ring (bicyclic) bond motifs is 2. The summed E-state index contributed by atoms with van der Waals surface area (Å²) in [5.74, 6) is -1.60. The molecule has 120 valence electrons. The Balaban J connectivity index is 1.97. The summed E-state index contributed by atoms with van der Waals surface area (Å²) in [6.07, 6.45) is 3.83. The number of hydrogen-bond donors (Lipinski definition) is 3. The van der Waals surface area contributed by atoms with E-state index >= 15 is 0 Å². The third-order valence-corrected chi connectivity index (χ3v) is 5.65. The van der Waals surface area contributed by atoms with E-state index in [9.17, 15) is 18.0 Å². The molecule has 5 atom stereocenters. The number of nitrogens with one attached hydrogen (secondary N) is 1. The van der Waals surface area contributed by atoms with Gasteiger partial charge in [-0.25, -0.2) is 13.2 Å². The van der Waals surface area contributed by atoms with Crippen molar-refractivity contribution in [1.82, 2.24) is 5.32 Å². The second-order valence-electron chi connectivity index (χ2n) is 6.25. The van der Waals surface area contributed by atoms with Crippen LogP contribution in [0.25, 0.3) is 0 Å². The van der Waals surface area contributed by atoms with Crippen molar-refractivity contribution < 1.29 is 23.1 Å². The second kappa shape index (κ2) is 5.92. The van der Waals surface area contributed by atoms with E-state index in [0.29, 0.717) is 5.92 Å². The molecule has 0 spiro atoms. The van der Waals surface area contributed by atoms with Crippen LogP contribution in [0, 0.1) is 17.8 Å². The lowest BCUT2D eigenvalue weighted by atomic mass is 9.84. The molecule has 0 radical (unpaired) electrons. The van der Waals surface area contributed by atoms with Gasteiger partial charge in [-0.05, 0) is 37.5 Å². The predicted octanol–water partition coefficient (Wildman–Crippen LogP) is -0.636. The Morgan fingerprint density at radius 1 is 1.33 bits per heavy atom. The SMILES string of the molecule is CS(=O)(=O)CCC(NC(=O)C1C2CCC(C2)C1N)C(=O)O. The highest BCUT2D eigenvalue weighted by atomic mass is 32.2. The topological polar surface area (TPSA) is 127 Å². The van der Waals surface area contributed by atoms with Gasteiger partial charge in [-0.3, -0.25) is 4.79 Å². The number of nitrogens with two attached hydrogens (primary N) is 1. The van der Waals surface area contributed by atoms with Crippen LogP contribution in [0.4, 0.5) is 0 Å². The fourth-order valence-corrected chi connectivity index (χ4v) is 4.25. The summed E-state index contributed by atoms with van der Waals surface area (Å²) in [4.78, 5) is 23.4. The smallest absolute Gasteiger partial charge is 0.326 e. The molecule has 5 unspecified atom stereocenters. The largest absolute Gasteiger partial charge is 0.480 e. The first-order chi connectivity index (χ1) is 9.69. The van der Waals surface area contributed by atoms with Gasteiger partial charge < -0.3 is 16.2 Å². The number of carbonyl (C=O) groups is 2. The zero-order chi connectivity index (χ0) is 15.8. The molecule has 2 rings (SSSR count). The van der Waals surface area contributed by atoms with Crippen LogP contribution in [0.15, 0.2) is 0 Å². The summed E-state index contributed by atoms with van der Waals surface area (Å²) in [6.45, 7) is 0. The molecule has 0 aliphatic heterocycles. The lowest BCUT2D eigenvalue weighted by Crippen LogP contribution is -2.50. The van der Waals surface area contributed by atoms with Gasteiger partial charge >= 0.3 is 5.97 Å². The number of carboxylic acids is 1. The van der Waals surface area contributed by atoms with Gasteiger partial charge in [-0.15, -0.1) is 0 Å². The quantitative estimate of drug-likeness (QED) is 0.598. The molecule has 0 heterocycles. The van der Waals surface area contributed by atoms with Crippen LogP contribution < -0.4 is 11.1 Å². The molecule has 2 fully saturated rings. The molecule has 21 heavy (non-hydrogen) atoms. The highest BCUT2D eigenvalue weighted by Gasteiger charge is 2.49. The van der Waals surface area contributed by atoms with Crippen LogP contribution >= 0.6 is 0 Å². The van der Waals surface area contributed by atoms with Gasteiger partial charge in [0.05, 0.1) is 11.7 Å². The number of rotatable bonds is 6. The highest BCUT2D eigenvalue weighted by Crippen LogP contribution is 2.47. The molecule has 0 aromatic carbocycles. The third-order valence-electron chi connectivity index (χ3n) is 4.68. The van der Waals surface area contributed by atoms with E-state index in [-0.39, 0.29) is 36.0 Å². The molecule has 2 aliphatic carbocycles. The van der Waals surface area contributed by atoms with Gasteiger partial charge in [-0.2, -0.15) is 0 Å². The average molecular weight is 318 g/mol. The maximum atomic E-state index is 12.3. The number of carboxylic acid groups (broad SMARTS) is 1. The zero-order valence-corrected chi connectivity index (χ0v) is 12.8. The molecule has 1 amide bonds. The molecule has 2 aliphatic rings. The fourth-order valence-electron chi connectivity index (χ4n) is 3.58. The van der Waals surface area contributed by atoms with E-state index in [1.165, 1.54) is 0 Å². The van der Waals surface area contributed by atoms with Crippen molar-refractivity contribution in [2.45, 2.75) is 37.8 Å². The molecule has 0 aromatic heterocycles. The van der Waals surface area contributed by atoms with Crippen LogP contribution in [0.3, 0.4) is 0 Å². The van der Waals surface area contributed by atoms with Gasteiger partial charge in [0.2, 0.25) is 5.91 Å². The van der Waals surface area contributed by atoms with Crippen molar-refractivity contribution in [2.75, 3.05) is 12.0 Å². The van der Waals surface area contributed by atoms with Crippen LogP contribution in [0.1, 0.15) is 25.7 Å². The van der Waals surface area contributed by atoms with Crippen molar-refractivity contribution in [3.05, 3.63) is 0 Å². The fraction of sp³-hybridized carbons (Fsp3) is 0.846. The standard InChI is InChI=1S/C13H22N2O5S/c1-21(19,20)5-4-9(13(17)18)15-12(16)10-7-2-3-8(6-7)11(10)14/h7-11H,2-6,14H2,1H3,(H,15,16)(H,17,18). The average Bonchev–Trinajstić information content (AvgIpc) is 2.93. The first kappa shape index (κ1) is 16.2. The van der Waals surface area contributed by atoms with Crippen LogP contribution in [0.5, 0.6) is 0 Å². The van der Waals surface area contributed by atoms with Crippen LogP contribution in [-0.2, 0) is 19.4 Å². The number of sulfone groups is 1. The Morgan fingerprint density at radius 2 is 1.95 bits per heavy atom. The maximum absolute atomic E-state index is 12.3. The highest BCUT2D eigenvalue weighted by molar-refractivity contribution is 7.90. The van der Waals surface area contributed by atoms with E-state index < -0.39 is 21.8 Å². The van der Waals surface area contributed by atoms with Crippen LogP contribution in [-0.4, -0.2) is 49.5 Å². The summed E-state index contributed by atoms with van der Waals surface area (Å²) >= 11 is 0. The number of aliphatic carboxylic acids is 1. The Labute approximate surface area is 124 Å². The molecule has 0 aromatic rings. The predicted molar refractivity (Wildman–Crippen MR) is 76.2 cm³/mol. The summed E-state index contributed by atoms with van der Waals surface area (Å²) in [6, 6.07) is -1.40. The van der Waals surface area contributed by atoms with Gasteiger partial charge in [0.25, 0.3) is 0 Å². The number of amides is 1. The maximum Gasteiger partial charge on any atom is 0.326 e. The molecule has 8 heteroatoms. The minimum Gasteiger partial charge on any atom is -0.480 e. The second-order valence-corrected chi connectivity index (χ2v) is 8.51. The minimum atomic E-state index is -3.27. The Morgan fingerprint density at radius 3 is 2.43 bits per heavy atom. The van der Waals surface area contributed by atoms with Crippen molar-refractivity contribution >= 4 is 21.7 Å². The molecule has 4 N–H and O–H groups in total. The Kier molecular flexibility index (Phi) is 4.57. The van der Waals surface area contributed by atoms with Gasteiger partial charge in [0, 0.05) is 12.3 Å². The first-order valence-corrected chi connectivity index (χ1v) is 9.21. The zero-order valence-electron chi connectivity index (χ0n) is 12.0. The van der Waals surface area contributed by atoms with Crippen molar-refractivity contribution in [3.63, 3.8) is 0 Å². The number of hydrogen-bond acceptors (Lipinski definition) is 5. The van der Waals surface area contributed by atoms with Gasteiger partial charge in [0.1, 0.15) is 15.9 Å².